The predicted molar refractivity (Wildman–Crippen MR) is 82.7 cm³/mol. The second-order valence-electron chi connectivity index (χ2n) is 5.89. The molecule has 0 saturated heterocycles. The highest BCUT2D eigenvalue weighted by Gasteiger charge is 2.21. The largest absolute Gasteiger partial charge is 0.399 e. The van der Waals surface area contributed by atoms with Crippen LogP contribution in [0.3, 0.4) is 0 Å². The van der Waals surface area contributed by atoms with Crippen LogP contribution in [-0.4, -0.2) is 24.9 Å². The average Bonchev–Trinajstić information content (AvgIpc) is 2.89. The van der Waals surface area contributed by atoms with Crippen molar-refractivity contribution in [3.63, 3.8) is 0 Å². The summed E-state index contributed by atoms with van der Waals surface area (Å²) in [6.45, 7) is 2.96. The number of hydrogen-bond acceptors (Lipinski definition) is 3. The third-order valence-corrected chi connectivity index (χ3v) is 3.97. The van der Waals surface area contributed by atoms with Gasteiger partial charge in [0.15, 0.2) is 0 Å². The van der Waals surface area contributed by atoms with E-state index >= 15 is 0 Å². The van der Waals surface area contributed by atoms with Gasteiger partial charge in [-0.3, -0.25) is 9.59 Å². The lowest BCUT2D eigenvalue weighted by Gasteiger charge is -2.11. The van der Waals surface area contributed by atoms with Gasteiger partial charge in [0.2, 0.25) is 5.91 Å². The SMILES string of the molecule is CC1CCC(CNC(=O)CNC(=O)c2ccc(N)cc2)C1. The number of rotatable bonds is 5. The van der Waals surface area contributed by atoms with Crippen molar-refractivity contribution in [3.8, 4) is 0 Å². The molecule has 114 valence electrons. The van der Waals surface area contributed by atoms with Crippen molar-refractivity contribution in [1.29, 1.82) is 0 Å². The number of amides is 2. The fourth-order valence-electron chi connectivity index (χ4n) is 2.73. The van der Waals surface area contributed by atoms with E-state index in [2.05, 4.69) is 17.6 Å². The molecule has 2 unspecified atom stereocenters. The molecule has 2 atom stereocenters. The van der Waals surface area contributed by atoms with E-state index in [4.69, 9.17) is 5.73 Å². The summed E-state index contributed by atoms with van der Waals surface area (Å²) in [6, 6.07) is 6.61. The van der Waals surface area contributed by atoms with Crippen molar-refractivity contribution in [1.82, 2.24) is 10.6 Å². The van der Waals surface area contributed by atoms with E-state index in [1.807, 2.05) is 0 Å². The monoisotopic (exact) mass is 289 g/mol. The first-order valence-electron chi connectivity index (χ1n) is 7.45. The molecule has 1 aromatic carbocycles. The summed E-state index contributed by atoms with van der Waals surface area (Å²) in [4.78, 5) is 23.6. The maximum atomic E-state index is 11.8. The van der Waals surface area contributed by atoms with Gasteiger partial charge in [0.1, 0.15) is 0 Å². The molecule has 2 amide bonds. The summed E-state index contributed by atoms with van der Waals surface area (Å²) >= 11 is 0. The molecule has 1 aromatic rings. The van der Waals surface area contributed by atoms with Crippen molar-refractivity contribution in [2.75, 3.05) is 18.8 Å². The highest BCUT2D eigenvalue weighted by molar-refractivity contribution is 5.96. The third kappa shape index (κ3) is 4.77. The van der Waals surface area contributed by atoms with Crippen LogP contribution in [0.2, 0.25) is 0 Å². The Kier molecular flexibility index (Phi) is 5.20. The highest BCUT2D eigenvalue weighted by Crippen LogP contribution is 2.29. The van der Waals surface area contributed by atoms with Crippen molar-refractivity contribution in [3.05, 3.63) is 29.8 Å². The summed E-state index contributed by atoms with van der Waals surface area (Å²) in [5, 5.41) is 5.50. The van der Waals surface area contributed by atoms with Crippen molar-refractivity contribution >= 4 is 17.5 Å². The van der Waals surface area contributed by atoms with Crippen molar-refractivity contribution in [2.45, 2.75) is 26.2 Å². The first-order valence-corrected chi connectivity index (χ1v) is 7.45. The van der Waals surface area contributed by atoms with E-state index in [9.17, 15) is 9.59 Å². The van der Waals surface area contributed by atoms with Crippen LogP contribution in [0.4, 0.5) is 5.69 Å². The minimum atomic E-state index is -0.264. The van der Waals surface area contributed by atoms with E-state index < -0.39 is 0 Å². The molecule has 0 heterocycles. The summed E-state index contributed by atoms with van der Waals surface area (Å²) in [7, 11) is 0. The first kappa shape index (κ1) is 15.4. The van der Waals surface area contributed by atoms with Gasteiger partial charge in [0.05, 0.1) is 6.54 Å². The Morgan fingerprint density at radius 1 is 1.19 bits per heavy atom. The molecule has 0 aromatic heterocycles. The van der Waals surface area contributed by atoms with Gasteiger partial charge in [0.25, 0.3) is 5.91 Å². The van der Waals surface area contributed by atoms with Gasteiger partial charge < -0.3 is 16.4 Å². The van der Waals surface area contributed by atoms with Gasteiger partial charge in [-0.1, -0.05) is 13.3 Å². The highest BCUT2D eigenvalue weighted by atomic mass is 16.2. The lowest BCUT2D eigenvalue weighted by molar-refractivity contribution is -0.120. The molecule has 0 radical (unpaired) electrons. The Morgan fingerprint density at radius 3 is 2.52 bits per heavy atom. The normalized spacial score (nSPS) is 21.0. The van der Waals surface area contributed by atoms with Gasteiger partial charge in [-0.2, -0.15) is 0 Å². The summed E-state index contributed by atoms with van der Waals surface area (Å²) in [5.74, 6) is 0.937. The standard InChI is InChI=1S/C16H23N3O2/c1-11-2-3-12(8-11)9-18-15(20)10-19-16(21)13-4-6-14(17)7-5-13/h4-7,11-12H,2-3,8-10,17H2,1H3,(H,18,20)(H,19,21). The molecule has 0 bridgehead atoms. The van der Waals surface area contributed by atoms with E-state index in [1.165, 1.54) is 19.3 Å². The molecule has 5 heteroatoms. The van der Waals surface area contributed by atoms with Crippen LogP contribution < -0.4 is 16.4 Å². The lowest BCUT2D eigenvalue weighted by Crippen LogP contribution is -2.38. The van der Waals surface area contributed by atoms with Crippen LogP contribution in [0.5, 0.6) is 0 Å². The topological polar surface area (TPSA) is 84.2 Å². The van der Waals surface area contributed by atoms with Crippen LogP contribution in [0.1, 0.15) is 36.5 Å². The molecule has 21 heavy (non-hydrogen) atoms. The number of hydrogen-bond donors (Lipinski definition) is 3. The Morgan fingerprint density at radius 2 is 1.90 bits per heavy atom. The number of benzene rings is 1. The second-order valence-corrected chi connectivity index (χ2v) is 5.89. The second kappa shape index (κ2) is 7.11. The molecule has 4 N–H and O–H groups in total. The lowest BCUT2D eigenvalue weighted by atomic mass is 10.1. The molecule has 1 saturated carbocycles. The zero-order chi connectivity index (χ0) is 15.2. The van der Waals surface area contributed by atoms with Gasteiger partial charge in [-0.05, 0) is 48.9 Å². The van der Waals surface area contributed by atoms with Gasteiger partial charge in [-0.15, -0.1) is 0 Å². The van der Waals surface area contributed by atoms with Crippen molar-refractivity contribution < 1.29 is 9.59 Å². The Bertz CT molecular complexity index is 499. The first-order chi connectivity index (χ1) is 10.0. The molecule has 0 spiro atoms. The fraction of sp³-hybridized carbons (Fsp3) is 0.500. The van der Waals surface area contributed by atoms with Crippen LogP contribution in [0, 0.1) is 11.8 Å². The smallest absolute Gasteiger partial charge is 0.251 e. The number of nitrogens with two attached hydrogens (primary N) is 1. The number of carbonyl (C=O) groups excluding carboxylic acids is 2. The van der Waals surface area contributed by atoms with E-state index in [1.54, 1.807) is 24.3 Å². The molecule has 5 nitrogen and oxygen atoms in total. The fourth-order valence-corrected chi connectivity index (χ4v) is 2.73. The molecular weight excluding hydrogens is 266 g/mol. The molecule has 0 aliphatic heterocycles. The number of nitrogen functional groups attached to an aromatic ring is 1. The maximum absolute atomic E-state index is 11.8. The maximum Gasteiger partial charge on any atom is 0.251 e. The summed E-state index contributed by atoms with van der Waals surface area (Å²) in [5.41, 5.74) is 6.67. The Hall–Kier alpha value is -2.04. The van der Waals surface area contributed by atoms with Crippen LogP contribution in [0.15, 0.2) is 24.3 Å². The Labute approximate surface area is 125 Å². The Balaban J connectivity index is 1.68. The van der Waals surface area contributed by atoms with Gasteiger partial charge in [-0.25, -0.2) is 0 Å². The summed E-state index contributed by atoms with van der Waals surface area (Å²) in [6.07, 6.45) is 3.60. The number of anilines is 1. The van der Waals surface area contributed by atoms with Crippen LogP contribution in [0.25, 0.3) is 0 Å². The van der Waals surface area contributed by atoms with Crippen LogP contribution >= 0.6 is 0 Å². The third-order valence-electron chi connectivity index (χ3n) is 3.97. The number of nitrogens with one attached hydrogen (secondary N) is 2. The molecule has 1 aliphatic rings. The minimum Gasteiger partial charge on any atom is -0.399 e. The summed E-state index contributed by atoms with van der Waals surface area (Å²) < 4.78 is 0. The van der Waals surface area contributed by atoms with E-state index in [0.717, 1.165) is 5.92 Å². The van der Waals surface area contributed by atoms with E-state index in [0.29, 0.717) is 23.7 Å². The molecular formula is C16H23N3O2. The zero-order valence-electron chi connectivity index (χ0n) is 12.4. The average molecular weight is 289 g/mol. The zero-order valence-corrected chi connectivity index (χ0v) is 12.4. The van der Waals surface area contributed by atoms with Gasteiger partial charge in [0, 0.05) is 17.8 Å². The molecule has 2 rings (SSSR count). The van der Waals surface area contributed by atoms with Crippen molar-refractivity contribution in [2.24, 2.45) is 11.8 Å². The van der Waals surface area contributed by atoms with Crippen LogP contribution in [-0.2, 0) is 4.79 Å². The molecule has 1 aliphatic carbocycles. The molecule has 1 fully saturated rings. The number of carbonyl (C=O) groups is 2. The quantitative estimate of drug-likeness (QED) is 0.719. The minimum absolute atomic E-state index is 0.00544. The van der Waals surface area contributed by atoms with E-state index in [-0.39, 0.29) is 18.4 Å². The van der Waals surface area contributed by atoms with Gasteiger partial charge >= 0.3 is 0 Å². The predicted octanol–water partition coefficient (Wildman–Crippen LogP) is 1.55.